The van der Waals surface area contributed by atoms with Crippen LogP contribution < -0.4 is 0 Å². The number of likely N-dealkylation sites (tertiary alicyclic amines) is 1. The molecule has 1 N–H and O–H groups in total. The zero-order chi connectivity index (χ0) is 22.4. The fraction of sp³-hybridized carbons (Fsp3) is 0.379. The second kappa shape index (κ2) is 10.2. The van der Waals surface area contributed by atoms with E-state index in [-0.39, 0.29) is 5.41 Å². The van der Waals surface area contributed by atoms with E-state index >= 15 is 0 Å². The highest BCUT2D eigenvalue weighted by Crippen LogP contribution is 2.40. The lowest BCUT2D eigenvalue weighted by Gasteiger charge is -2.39. The molecule has 0 unspecified atom stereocenters. The lowest BCUT2D eigenvalue weighted by Crippen LogP contribution is -2.43. The molecule has 2 nitrogen and oxygen atoms in total. The van der Waals surface area contributed by atoms with Crippen LogP contribution in [0.25, 0.3) is 0 Å². The normalized spacial score (nSPS) is 16.7. The second-order valence-corrected chi connectivity index (χ2v) is 9.59. The smallest absolute Gasteiger partial charge is 0.0920 e. The van der Waals surface area contributed by atoms with Crippen molar-refractivity contribution in [3.63, 3.8) is 0 Å². The Morgan fingerprint density at radius 1 is 0.844 bits per heavy atom. The zero-order valence-electron chi connectivity index (χ0n) is 19.0. The predicted octanol–water partition coefficient (Wildman–Crippen LogP) is 6.80. The van der Waals surface area contributed by atoms with Gasteiger partial charge in [0.1, 0.15) is 0 Å². The maximum absolute atomic E-state index is 11.2. The maximum Gasteiger partial charge on any atom is 0.0920 e. The van der Waals surface area contributed by atoms with Crippen molar-refractivity contribution in [2.75, 3.05) is 19.6 Å². The molecule has 3 aromatic carbocycles. The van der Waals surface area contributed by atoms with Crippen LogP contribution in [0.3, 0.4) is 0 Å². The zero-order valence-corrected chi connectivity index (χ0v) is 19.8. The van der Waals surface area contributed by atoms with Crippen molar-refractivity contribution in [1.29, 1.82) is 0 Å². The fourth-order valence-electron chi connectivity index (χ4n) is 5.35. The van der Waals surface area contributed by atoms with Gasteiger partial charge in [-0.3, -0.25) is 0 Å². The molecule has 0 aromatic heterocycles. The first-order valence-electron chi connectivity index (χ1n) is 11.9. The quantitative estimate of drug-likeness (QED) is 0.410. The van der Waals surface area contributed by atoms with Crippen LogP contribution in [0.15, 0.2) is 84.9 Å². The number of aliphatic hydroxyl groups is 1. The highest BCUT2D eigenvalue weighted by Gasteiger charge is 2.35. The Morgan fingerprint density at radius 2 is 1.38 bits per heavy atom. The molecule has 1 fully saturated rings. The van der Waals surface area contributed by atoms with E-state index in [1.54, 1.807) is 0 Å². The van der Waals surface area contributed by atoms with Crippen LogP contribution in [0.5, 0.6) is 0 Å². The fourth-order valence-corrected chi connectivity index (χ4v) is 5.48. The van der Waals surface area contributed by atoms with E-state index in [4.69, 9.17) is 11.6 Å². The van der Waals surface area contributed by atoms with Gasteiger partial charge in [0.15, 0.2) is 0 Å². The summed E-state index contributed by atoms with van der Waals surface area (Å²) >= 11 is 6.02. The topological polar surface area (TPSA) is 23.5 Å². The van der Waals surface area contributed by atoms with Gasteiger partial charge in [-0.2, -0.15) is 0 Å². The minimum absolute atomic E-state index is 0.0440. The van der Waals surface area contributed by atoms with Crippen molar-refractivity contribution < 1.29 is 5.11 Å². The SMILES string of the molecule is CCC(CCCN1CCC(O)(c2ccc(Cl)cc2)CC1)(c1ccccc1)c1ccccc1. The Bertz CT molecular complexity index is 924. The molecule has 4 rings (SSSR count). The van der Waals surface area contributed by atoms with E-state index < -0.39 is 5.60 Å². The van der Waals surface area contributed by atoms with E-state index in [2.05, 4.69) is 72.5 Å². The minimum atomic E-state index is -0.734. The first-order valence-corrected chi connectivity index (χ1v) is 12.3. The van der Waals surface area contributed by atoms with Gasteiger partial charge in [0, 0.05) is 23.5 Å². The molecule has 1 heterocycles. The Hall–Kier alpha value is -2.13. The third kappa shape index (κ3) is 4.93. The summed E-state index contributed by atoms with van der Waals surface area (Å²) in [7, 11) is 0. The summed E-state index contributed by atoms with van der Waals surface area (Å²) < 4.78 is 0. The first-order chi connectivity index (χ1) is 15.6. The van der Waals surface area contributed by atoms with Gasteiger partial charge in [0.2, 0.25) is 0 Å². The molecule has 0 aliphatic carbocycles. The van der Waals surface area contributed by atoms with Gasteiger partial charge < -0.3 is 10.0 Å². The summed E-state index contributed by atoms with van der Waals surface area (Å²) in [6.07, 6.45) is 4.87. The molecule has 0 amide bonds. The summed E-state index contributed by atoms with van der Waals surface area (Å²) in [4.78, 5) is 2.51. The van der Waals surface area contributed by atoms with Gasteiger partial charge in [-0.1, -0.05) is 91.3 Å². The number of hydrogen-bond acceptors (Lipinski definition) is 2. The Kier molecular flexibility index (Phi) is 7.35. The molecule has 3 aromatic rings. The molecule has 0 spiro atoms. The number of halogens is 1. The molecule has 0 bridgehead atoms. The van der Waals surface area contributed by atoms with Crippen molar-refractivity contribution in [2.45, 2.75) is 50.0 Å². The second-order valence-electron chi connectivity index (χ2n) is 9.15. The summed E-state index contributed by atoms with van der Waals surface area (Å²) in [5, 5.41) is 11.9. The van der Waals surface area contributed by atoms with Crippen LogP contribution >= 0.6 is 11.6 Å². The van der Waals surface area contributed by atoms with Crippen LogP contribution in [-0.4, -0.2) is 29.6 Å². The third-order valence-corrected chi connectivity index (χ3v) is 7.65. The monoisotopic (exact) mass is 447 g/mol. The van der Waals surface area contributed by atoms with Crippen LogP contribution in [0, 0.1) is 0 Å². The Balaban J connectivity index is 1.40. The largest absolute Gasteiger partial charge is 0.385 e. The van der Waals surface area contributed by atoms with Crippen molar-refractivity contribution >= 4 is 11.6 Å². The maximum atomic E-state index is 11.2. The Morgan fingerprint density at radius 3 is 1.88 bits per heavy atom. The lowest BCUT2D eigenvalue weighted by molar-refractivity contribution is -0.0262. The van der Waals surface area contributed by atoms with E-state index in [9.17, 15) is 5.11 Å². The molecule has 0 saturated carbocycles. The molecule has 3 heteroatoms. The highest BCUT2D eigenvalue weighted by atomic mass is 35.5. The summed E-state index contributed by atoms with van der Waals surface area (Å²) in [5.41, 5.74) is 3.11. The van der Waals surface area contributed by atoms with E-state index in [1.807, 2.05) is 24.3 Å². The third-order valence-electron chi connectivity index (χ3n) is 7.40. The molecule has 1 aliphatic rings. The number of hydrogen-bond donors (Lipinski definition) is 1. The number of rotatable bonds is 8. The van der Waals surface area contributed by atoms with Crippen LogP contribution in [0.4, 0.5) is 0 Å². The average Bonchev–Trinajstić information content (AvgIpc) is 2.85. The lowest BCUT2D eigenvalue weighted by atomic mass is 9.69. The van der Waals surface area contributed by atoms with Gasteiger partial charge >= 0.3 is 0 Å². The van der Waals surface area contributed by atoms with Gasteiger partial charge in [-0.15, -0.1) is 0 Å². The molecule has 32 heavy (non-hydrogen) atoms. The standard InChI is InChI=1S/C29H34ClNO/c1-2-28(24-10-5-3-6-11-24,25-12-7-4-8-13-25)18-9-21-31-22-19-29(32,20-23-31)26-14-16-27(30)17-15-26/h3-8,10-17,32H,2,9,18-23H2,1H3. The van der Waals surface area contributed by atoms with Crippen molar-refractivity contribution in [3.05, 3.63) is 107 Å². The minimum Gasteiger partial charge on any atom is -0.385 e. The van der Waals surface area contributed by atoms with Crippen molar-refractivity contribution in [2.24, 2.45) is 0 Å². The molecule has 1 aliphatic heterocycles. The summed E-state index contributed by atoms with van der Waals surface area (Å²) in [6.45, 7) is 5.23. The molecular formula is C29H34ClNO. The molecule has 168 valence electrons. The van der Waals surface area contributed by atoms with Crippen LogP contribution in [-0.2, 0) is 11.0 Å². The van der Waals surface area contributed by atoms with Crippen LogP contribution in [0.1, 0.15) is 55.7 Å². The van der Waals surface area contributed by atoms with Crippen LogP contribution in [0.2, 0.25) is 5.02 Å². The number of piperidine rings is 1. The van der Waals surface area contributed by atoms with E-state index in [1.165, 1.54) is 11.1 Å². The van der Waals surface area contributed by atoms with E-state index in [0.29, 0.717) is 5.02 Å². The average molecular weight is 448 g/mol. The molecule has 0 radical (unpaired) electrons. The molecule has 0 atom stereocenters. The molecular weight excluding hydrogens is 414 g/mol. The van der Waals surface area contributed by atoms with E-state index in [0.717, 1.165) is 57.3 Å². The van der Waals surface area contributed by atoms with Crippen molar-refractivity contribution in [3.8, 4) is 0 Å². The number of nitrogens with zero attached hydrogens (tertiary/aromatic N) is 1. The highest BCUT2D eigenvalue weighted by molar-refractivity contribution is 6.30. The van der Waals surface area contributed by atoms with Gasteiger partial charge in [-0.05, 0) is 67.5 Å². The first kappa shape index (κ1) is 23.0. The van der Waals surface area contributed by atoms with Gasteiger partial charge in [0.05, 0.1) is 5.60 Å². The molecule has 1 saturated heterocycles. The van der Waals surface area contributed by atoms with Gasteiger partial charge in [0.25, 0.3) is 0 Å². The summed E-state index contributed by atoms with van der Waals surface area (Å²) in [5.74, 6) is 0. The number of benzene rings is 3. The predicted molar refractivity (Wildman–Crippen MR) is 134 cm³/mol. The Labute approximate surface area is 197 Å². The van der Waals surface area contributed by atoms with Gasteiger partial charge in [-0.25, -0.2) is 0 Å². The summed E-state index contributed by atoms with van der Waals surface area (Å²) in [6, 6.07) is 29.6. The van der Waals surface area contributed by atoms with Crippen molar-refractivity contribution in [1.82, 2.24) is 4.90 Å².